The molecule has 9 heteroatoms. The summed E-state index contributed by atoms with van der Waals surface area (Å²) in [5.74, 6) is 1.03. The van der Waals surface area contributed by atoms with Crippen molar-refractivity contribution in [2.75, 3.05) is 53.6 Å². The Kier molecular flexibility index (Phi) is 8.63. The quantitative estimate of drug-likeness (QED) is 0.309. The van der Waals surface area contributed by atoms with Crippen molar-refractivity contribution < 1.29 is 19.0 Å². The maximum Gasteiger partial charge on any atom is 0.334 e. The molecule has 5 rings (SSSR count). The van der Waals surface area contributed by atoms with Crippen molar-refractivity contribution >= 4 is 5.91 Å². The van der Waals surface area contributed by atoms with Crippen LogP contribution in [0.2, 0.25) is 0 Å². The molecule has 0 bridgehead atoms. The summed E-state index contributed by atoms with van der Waals surface area (Å²) in [4.78, 5) is 30.4. The predicted molar refractivity (Wildman–Crippen MR) is 154 cm³/mol. The Morgan fingerprint density at radius 1 is 0.900 bits per heavy atom. The van der Waals surface area contributed by atoms with Gasteiger partial charge < -0.3 is 24.4 Å². The molecule has 1 amide bonds. The molecule has 1 N–H and O–H groups in total. The van der Waals surface area contributed by atoms with Crippen molar-refractivity contribution in [3.05, 3.63) is 101 Å². The Morgan fingerprint density at radius 2 is 1.65 bits per heavy atom. The van der Waals surface area contributed by atoms with Crippen LogP contribution in [0, 0.1) is 0 Å². The van der Waals surface area contributed by atoms with Crippen molar-refractivity contribution in [3.63, 3.8) is 0 Å². The molecular formula is C31H34N4O5. The van der Waals surface area contributed by atoms with E-state index in [4.69, 9.17) is 14.2 Å². The van der Waals surface area contributed by atoms with Crippen LogP contribution in [0.5, 0.6) is 11.5 Å². The lowest BCUT2D eigenvalue weighted by atomic mass is 10.1. The molecule has 1 fully saturated rings. The van der Waals surface area contributed by atoms with E-state index in [1.54, 1.807) is 23.4 Å². The van der Waals surface area contributed by atoms with E-state index in [2.05, 4.69) is 5.32 Å². The summed E-state index contributed by atoms with van der Waals surface area (Å²) in [6, 6.07) is 24.5. The van der Waals surface area contributed by atoms with Gasteiger partial charge in [-0.2, -0.15) is 0 Å². The lowest BCUT2D eigenvalue weighted by molar-refractivity contribution is 0.0725. The molecule has 0 saturated carbocycles. The van der Waals surface area contributed by atoms with Gasteiger partial charge in [-0.3, -0.25) is 13.9 Å². The Hall–Kier alpha value is -4.34. The van der Waals surface area contributed by atoms with Crippen LogP contribution in [-0.2, 0) is 11.3 Å². The van der Waals surface area contributed by atoms with Crippen LogP contribution in [0.4, 0.5) is 0 Å². The number of nitrogens with one attached hydrogen (secondary N) is 1. The number of methoxy groups -OCH3 is 2. The molecule has 0 unspecified atom stereocenters. The summed E-state index contributed by atoms with van der Waals surface area (Å²) < 4.78 is 19.7. The van der Waals surface area contributed by atoms with Crippen molar-refractivity contribution in [1.29, 1.82) is 0 Å². The SMILES string of the molecule is COCCOc1cccc(Cn2c(C(=O)N3CCNCC3)c(-c3ccccc3)n(-c3ccccc3OC)c2=O)c1. The molecule has 3 aromatic carbocycles. The van der Waals surface area contributed by atoms with Gasteiger partial charge >= 0.3 is 5.69 Å². The third kappa shape index (κ3) is 5.66. The van der Waals surface area contributed by atoms with Crippen LogP contribution in [0.25, 0.3) is 16.9 Å². The summed E-state index contributed by atoms with van der Waals surface area (Å²) in [5, 5.41) is 3.30. The smallest absolute Gasteiger partial charge is 0.334 e. The van der Waals surface area contributed by atoms with Crippen molar-refractivity contribution in [2.24, 2.45) is 0 Å². The number of hydrogen-bond donors (Lipinski definition) is 1. The Bertz CT molecular complexity index is 1510. The first-order valence-corrected chi connectivity index (χ1v) is 13.4. The average Bonchev–Trinajstić information content (AvgIpc) is 3.29. The molecule has 2 heterocycles. The Balaban J connectivity index is 1.72. The van der Waals surface area contributed by atoms with Gasteiger partial charge in [-0.15, -0.1) is 0 Å². The number of para-hydroxylation sites is 2. The van der Waals surface area contributed by atoms with E-state index < -0.39 is 0 Å². The van der Waals surface area contributed by atoms with Gasteiger partial charge in [0, 0.05) is 38.9 Å². The summed E-state index contributed by atoms with van der Waals surface area (Å²) in [7, 11) is 3.20. The van der Waals surface area contributed by atoms with Crippen molar-refractivity contribution in [3.8, 4) is 28.4 Å². The number of rotatable bonds is 10. The number of imidazole rings is 1. The second kappa shape index (κ2) is 12.7. The topological polar surface area (TPSA) is 87.0 Å². The second-order valence-electron chi connectivity index (χ2n) is 9.47. The minimum atomic E-state index is -0.326. The van der Waals surface area contributed by atoms with E-state index in [9.17, 15) is 9.59 Å². The van der Waals surface area contributed by atoms with Crippen LogP contribution >= 0.6 is 0 Å². The zero-order chi connectivity index (χ0) is 27.9. The van der Waals surface area contributed by atoms with Crippen molar-refractivity contribution in [1.82, 2.24) is 19.4 Å². The van der Waals surface area contributed by atoms with Crippen LogP contribution in [0.15, 0.2) is 83.7 Å². The average molecular weight is 543 g/mol. The third-order valence-corrected chi connectivity index (χ3v) is 6.92. The number of benzene rings is 3. The molecule has 4 aromatic rings. The minimum absolute atomic E-state index is 0.182. The predicted octanol–water partition coefficient (Wildman–Crippen LogP) is 3.43. The second-order valence-corrected chi connectivity index (χ2v) is 9.47. The van der Waals surface area contributed by atoms with E-state index in [1.165, 1.54) is 0 Å². The van der Waals surface area contributed by atoms with Crippen LogP contribution < -0.4 is 20.5 Å². The van der Waals surface area contributed by atoms with Gasteiger partial charge in [-0.1, -0.05) is 54.6 Å². The van der Waals surface area contributed by atoms with Gasteiger partial charge in [0.25, 0.3) is 5.91 Å². The molecule has 1 aliphatic rings. The summed E-state index contributed by atoms with van der Waals surface area (Å²) in [5.41, 5.74) is 2.72. The third-order valence-electron chi connectivity index (χ3n) is 6.92. The molecule has 0 aliphatic carbocycles. The largest absolute Gasteiger partial charge is 0.495 e. The Labute approximate surface area is 233 Å². The summed E-state index contributed by atoms with van der Waals surface area (Å²) >= 11 is 0. The fourth-order valence-corrected chi connectivity index (χ4v) is 4.99. The number of hydrogen-bond acceptors (Lipinski definition) is 6. The Morgan fingerprint density at radius 3 is 2.40 bits per heavy atom. The number of carbonyl (C=O) groups excluding carboxylic acids is 1. The van der Waals surface area contributed by atoms with Gasteiger partial charge in [0.05, 0.1) is 31.6 Å². The molecule has 1 saturated heterocycles. The number of carbonyl (C=O) groups is 1. The fourth-order valence-electron chi connectivity index (χ4n) is 4.99. The molecule has 40 heavy (non-hydrogen) atoms. The minimum Gasteiger partial charge on any atom is -0.495 e. The lowest BCUT2D eigenvalue weighted by Gasteiger charge is -2.28. The molecule has 1 aromatic heterocycles. The molecule has 0 radical (unpaired) electrons. The van der Waals surface area contributed by atoms with E-state index in [0.29, 0.717) is 68.0 Å². The van der Waals surface area contributed by atoms with Crippen LogP contribution in [0.1, 0.15) is 16.1 Å². The van der Waals surface area contributed by atoms with E-state index in [0.717, 1.165) is 11.1 Å². The molecule has 1 aliphatic heterocycles. The van der Waals surface area contributed by atoms with Crippen LogP contribution in [-0.4, -0.2) is 73.6 Å². The van der Waals surface area contributed by atoms with E-state index >= 15 is 0 Å². The highest BCUT2D eigenvalue weighted by molar-refractivity contribution is 5.99. The first-order chi connectivity index (χ1) is 19.6. The van der Waals surface area contributed by atoms with E-state index in [1.807, 2.05) is 83.8 Å². The first-order valence-electron chi connectivity index (χ1n) is 13.4. The first kappa shape index (κ1) is 27.2. The molecule has 0 atom stereocenters. The van der Waals surface area contributed by atoms with Gasteiger partial charge in [0.15, 0.2) is 0 Å². The lowest BCUT2D eigenvalue weighted by Crippen LogP contribution is -2.47. The monoisotopic (exact) mass is 542 g/mol. The molecule has 9 nitrogen and oxygen atoms in total. The van der Waals surface area contributed by atoms with Crippen molar-refractivity contribution in [2.45, 2.75) is 6.54 Å². The van der Waals surface area contributed by atoms with Gasteiger partial charge in [-0.25, -0.2) is 4.79 Å². The highest BCUT2D eigenvalue weighted by atomic mass is 16.5. The highest BCUT2D eigenvalue weighted by Gasteiger charge is 2.31. The normalized spacial score (nSPS) is 13.3. The summed E-state index contributed by atoms with van der Waals surface area (Å²) in [6.45, 7) is 3.59. The molecule has 208 valence electrons. The van der Waals surface area contributed by atoms with Gasteiger partial charge in [0.2, 0.25) is 0 Å². The molecular weight excluding hydrogens is 508 g/mol. The number of ether oxygens (including phenoxy) is 3. The molecule has 0 spiro atoms. The number of nitrogens with zero attached hydrogens (tertiary/aromatic N) is 3. The van der Waals surface area contributed by atoms with Gasteiger partial charge in [0.1, 0.15) is 23.8 Å². The van der Waals surface area contributed by atoms with E-state index in [-0.39, 0.29) is 18.1 Å². The zero-order valence-electron chi connectivity index (χ0n) is 22.8. The van der Waals surface area contributed by atoms with Gasteiger partial charge in [-0.05, 0) is 29.8 Å². The maximum atomic E-state index is 14.4. The zero-order valence-corrected chi connectivity index (χ0v) is 22.8. The summed E-state index contributed by atoms with van der Waals surface area (Å²) in [6.07, 6.45) is 0. The number of amides is 1. The number of aromatic nitrogens is 2. The maximum absolute atomic E-state index is 14.4. The number of piperazine rings is 1. The fraction of sp³-hybridized carbons (Fsp3) is 0.290. The standard InChI is InChI=1S/C31H34N4O5/c1-38-19-20-40-25-12-8-9-23(21-25)22-34-29(30(36)33-17-15-32-16-18-33)28(24-10-4-3-5-11-24)35(31(34)37)26-13-6-7-14-27(26)39-2/h3-14,21,32H,15-20,22H2,1-2H3. The van der Waals surface area contributed by atoms with Crippen LogP contribution in [0.3, 0.4) is 0 Å². The highest BCUT2D eigenvalue weighted by Crippen LogP contribution is 2.31.